The van der Waals surface area contributed by atoms with Crippen LogP contribution in [0.15, 0.2) is 41.9 Å². The van der Waals surface area contributed by atoms with E-state index >= 15 is 0 Å². The van der Waals surface area contributed by atoms with Crippen molar-refractivity contribution in [2.45, 2.75) is 64.6 Å². The zero-order valence-corrected chi connectivity index (χ0v) is 20.3. The molecule has 1 aromatic heterocycles. The molecule has 1 aliphatic rings. The van der Waals surface area contributed by atoms with Crippen LogP contribution in [0, 0.1) is 0 Å². The molecule has 1 aromatic carbocycles. The van der Waals surface area contributed by atoms with E-state index in [1.807, 2.05) is 4.68 Å². The summed E-state index contributed by atoms with van der Waals surface area (Å²) in [4.78, 5) is 8.72. The van der Waals surface area contributed by atoms with Gasteiger partial charge >= 0.3 is 0 Å². The first-order valence-corrected chi connectivity index (χ1v) is 10.9. The molecule has 1 aliphatic carbocycles. The Kier molecular flexibility index (Phi) is 11.8. The molecular weight excluding hydrogens is 491 g/mol. The molecule has 1 fully saturated rings. The Hall–Kier alpha value is -1.68. The molecule has 0 spiro atoms. The Balaban J connectivity index is 0.00000320. The third kappa shape index (κ3) is 8.99. The van der Waals surface area contributed by atoms with Crippen molar-refractivity contribution in [3.05, 3.63) is 48.0 Å². The highest BCUT2D eigenvalue weighted by molar-refractivity contribution is 14.0. The fourth-order valence-corrected chi connectivity index (χ4v) is 3.60. The van der Waals surface area contributed by atoms with Crippen molar-refractivity contribution in [3.8, 4) is 0 Å². The number of rotatable bonds is 10. The number of aromatic nitrogens is 3. The molecule has 0 amide bonds. The Morgan fingerprint density at radius 3 is 2.80 bits per heavy atom. The van der Waals surface area contributed by atoms with Crippen LogP contribution in [0.5, 0.6) is 0 Å². The minimum Gasteiger partial charge on any atom is -0.378 e. The SMILES string of the molecule is CCNC(=NCc1cccc(Cn2cncn2)c1)NCCCOC1CCCCC1.I. The molecule has 0 atom stereocenters. The highest BCUT2D eigenvalue weighted by Gasteiger charge is 2.12. The smallest absolute Gasteiger partial charge is 0.191 e. The highest BCUT2D eigenvalue weighted by atomic mass is 127. The third-order valence-corrected chi connectivity index (χ3v) is 5.09. The van der Waals surface area contributed by atoms with Gasteiger partial charge in [-0.15, -0.1) is 24.0 Å². The molecule has 0 aliphatic heterocycles. The minimum absolute atomic E-state index is 0. The predicted molar refractivity (Wildman–Crippen MR) is 131 cm³/mol. The second-order valence-electron chi connectivity index (χ2n) is 7.52. The van der Waals surface area contributed by atoms with Crippen molar-refractivity contribution in [2.75, 3.05) is 19.7 Å². The van der Waals surface area contributed by atoms with E-state index in [0.29, 0.717) is 12.6 Å². The highest BCUT2D eigenvalue weighted by Crippen LogP contribution is 2.20. The van der Waals surface area contributed by atoms with E-state index in [1.54, 1.807) is 12.7 Å². The van der Waals surface area contributed by atoms with Crippen LogP contribution in [0.2, 0.25) is 0 Å². The van der Waals surface area contributed by atoms with Gasteiger partial charge in [0.1, 0.15) is 12.7 Å². The maximum Gasteiger partial charge on any atom is 0.191 e. The molecule has 0 radical (unpaired) electrons. The van der Waals surface area contributed by atoms with Gasteiger partial charge in [-0.25, -0.2) is 14.7 Å². The molecular formula is C22H35IN6O. The van der Waals surface area contributed by atoms with E-state index in [4.69, 9.17) is 9.73 Å². The van der Waals surface area contributed by atoms with Gasteiger partial charge in [0.15, 0.2) is 5.96 Å². The molecule has 1 heterocycles. The quantitative estimate of drug-likeness (QED) is 0.214. The zero-order valence-electron chi connectivity index (χ0n) is 17.9. The summed E-state index contributed by atoms with van der Waals surface area (Å²) >= 11 is 0. The van der Waals surface area contributed by atoms with Crippen LogP contribution in [-0.4, -0.2) is 46.5 Å². The molecule has 0 unspecified atom stereocenters. The van der Waals surface area contributed by atoms with Crippen LogP contribution >= 0.6 is 24.0 Å². The summed E-state index contributed by atoms with van der Waals surface area (Å²) in [6.45, 7) is 5.97. The maximum absolute atomic E-state index is 6.00. The Labute approximate surface area is 197 Å². The number of ether oxygens (including phenoxy) is 1. The summed E-state index contributed by atoms with van der Waals surface area (Å²) in [6.07, 6.45) is 11.2. The van der Waals surface area contributed by atoms with Crippen molar-refractivity contribution < 1.29 is 4.74 Å². The second-order valence-corrected chi connectivity index (χ2v) is 7.52. The number of nitrogens with one attached hydrogen (secondary N) is 2. The summed E-state index contributed by atoms with van der Waals surface area (Å²) in [5.74, 6) is 0.854. The van der Waals surface area contributed by atoms with Crippen LogP contribution in [-0.2, 0) is 17.8 Å². The van der Waals surface area contributed by atoms with Gasteiger partial charge in [-0.1, -0.05) is 43.5 Å². The lowest BCUT2D eigenvalue weighted by Crippen LogP contribution is -2.38. The molecule has 8 heteroatoms. The summed E-state index contributed by atoms with van der Waals surface area (Å²) in [7, 11) is 0. The fourth-order valence-electron chi connectivity index (χ4n) is 3.60. The topological polar surface area (TPSA) is 76.4 Å². The molecule has 3 rings (SSSR count). The zero-order chi connectivity index (χ0) is 20.2. The molecule has 0 saturated heterocycles. The van der Waals surface area contributed by atoms with Crippen molar-refractivity contribution in [2.24, 2.45) is 4.99 Å². The lowest BCUT2D eigenvalue weighted by molar-refractivity contribution is 0.0277. The average molecular weight is 526 g/mol. The second kappa shape index (κ2) is 14.3. The van der Waals surface area contributed by atoms with Crippen LogP contribution < -0.4 is 10.6 Å². The summed E-state index contributed by atoms with van der Waals surface area (Å²) in [5.41, 5.74) is 2.38. The number of aliphatic imine (C=N–C) groups is 1. The Bertz CT molecular complexity index is 731. The van der Waals surface area contributed by atoms with Gasteiger partial charge in [0.2, 0.25) is 0 Å². The monoisotopic (exact) mass is 526 g/mol. The largest absolute Gasteiger partial charge is 0.378 e. The lowest BCUT2D eigenvalue weighted by Gasteiger charge is -2.22. The van der Waals surface area contributed by atoms with E-state index in [0.717, 1.165) is 38.6 Å². The molecule has 166 valence electrons. The van der Waals surface area contributed by atoms with E-state index in [9.17, 15) is 0 Å². The standard InChI is InChI=1S/C22H34N6O.HI/c1-2-24-22(25-12-7-13-29-21-10-4-3-5-11-21)26-15-19-8-6-9-20(14-19)16-28-18-23-17-27-28;/h6,8-9,14,17-18,21H,2-5,7,10-13,15-16H2,1H3,(H2,24,25,26);1H. The van der Waals surface area contributed by atoms with Gasteiger partial charge in [0.05, 0.1) is 19.2 Å². The first-order valence-electron chi connectivity index (χ1n) is 10.9. The number of nitrogens with zero attached hydrogens (tertiary/aromatic N) is 4. The number of hydrogen-bond acceptors (Lipinski definition) is 4. The number of hydrogen-bond donors (Lipinski definition) is 2. The summed E-state index contributed by atoms with van der Waals surface area (Å²) in [6, 6.07) is 8.45. The van der Waals surface area contributed by atoms with Gasteiger partial charge in [-0.3, -0.25) is 0 Å². The molecule has 7 nitrogen and oxygen atoms in total. The van der Waals surface area contributed by atoms with Crippen LogP contribution in [0.4, 0.5) is 0 Å². The van der Waals surface area contributed by atoms with E-state index < -0.39 is 0 Å². The molecule has 0 bridgehead atoms. The van der Waals surface area contributed by atoms with Gasteiger partial charge in [-0.2, -0.15) is 5.10 Å². The Morgan fingerprint density at radius 1 is 1.20 bits per heavy atom. The minimum atomic E-state index is 0. The van der Waals surface area contributed by atoms with Gasteiger partial charge < -0.3 is 15.4 Å². The molecule has 2 aromatic rings. The van der Waals surface area contributed by atoms with E-state index in [-0.39, 0.29) is 24.0 Å². The fraction of sp³-hybridized carbons (Fsp3) is 0.591. The molecule has 1 saturated carbocycles. The van der Waals surface area contributed by atoms with Crippen molar-refractivity contribution >= 4 is 29.9 Å². The van der Waals surface area contributed by atoms with Gasteiger partial charge in [-0.05, 0) is 37.3 Å². The van der Waals surface area contributed by atoms with Gasteiger partial charge in [0, 0.05) is 19.7 Å². The Morgan fingerprint density at radius 2 is 2.03 bits per heavy atom. The van der Waals surface area contributed by atoms with Crippen LogP contribution in [0.25, 0.3) is 0 Å². The number of halogens is 1. The predicted octanol–water partition coefficient (Wildman–Crippen LogP) is 3.74. The average Bonchev–Trinajstić information content (AvgIpc) is 3.26. The van der Waals surface area contributed by atoms with Crippen LogP contribution in [0.1, 0.15) is 56.6 Å². The van der Waals surface area contributed by atoms with Crippen molar-refractivity contribution in [3.63, 3.8) is 0 Å². The third-order valence-electron chi connectivity index (χ3n) is 5.09. The molecule has 2 N–H and O–H groups in total. The number of guanidine groups is 1. The number of benzene rings is 1. The first kappa shape index (κ1) is 24.6. The van der Waals surface area contributed by atoms with Crippen molar-refractivity contribution in [1.29, 1.82) is 0 Å². The van der Waals surface area contributed by atoms with Crippen molar-refractivity contribution in [1.82, 2.24) is 25.4 Å². The van der Waals surface area contributed by atoms with Gasteiger partial charge in [0.25, 0.3) is 0 Å². The first-order chi connectivity index (χ1) is 14.3. The van der Waals surface area contributed by atoms with Crippen LogP contribution in [0.3, 0.4) is 0 Å². The molecule has 30 heavy (non-hydrogen) atoms. The summed E-state index contributed by atoms with van der Waals surface area (Å²) in [5, 5.41) is 10.9. The normalized spacial score (nSPS) is 14.9. The summed E-state index contributed by atoms with van der Waals surface area (Å²) < 4.78 is 7.82. The van der Waals surface area contributed by atoms with E-state index in [2.05, 4.69) is 51.9 Å². The maximum atomic E-state index is 6.00. The lowest BCUT2D eigenvalue weighted by atomic mass is 9.98. The van der Waals surface area contributed by atoms with E-state index in [1.165, 1.54) is 43.2 Å².